The Morgan fingerprint density at radius 2 is 2.03 bits per heavy atom. The highest BCUT2D eigenvalue weighted by atomic mass is 16.6. The molecule has 1 heterocycles. The third kappa shape index (κ3) is 4.50. The number of carbonyl (C=O) groups is 2. The van der Waals surface area contributed by atoms with Crippen molar-refractivity contribution in [3.05, 3.63) is 58.7 Å². The van der Waals surface area contributed by atoms with Gasteiger partial charge in [0.15, 0.2) is 11.5 Å². The van der Waals surface area contributed by atoms with Crippen LogP contribution in [0.4, 0.5) is 0 Å². The standard InChI is InChI=1S/C30H34O7/c1-16(2)10-22(31)21-8-9-23-25(27(21)34-5)28(32)35-15-19-11-17(3)12-24(26(19)36-23)37-29(33)30(4)14-18-6-7-20(30)13-18/h6-9,11-12,16,18,20,22,31H,10,13-15H2,1-5H3/t18?,20?,22-,30-/m0/s1. The van der Waals surface area contributed by atoms with E-state index in [4.69, 9.17) is 18.9 Å². The Balaban J connectivity index is 1.53. The van der Waals surface area contributed by atoms with Gasteiger partial charge in [-0.15, -0.1) is 0 Å². The Morgan fingerprint density at radius 3 is 2.68 bits per heavy atom. The number of rotatable bonds is 6. The summed E-state index contributed by atoms with van der Waals surface area (Å²) in [5.74, 6) is 0.957. The summed E-state index contributed by atoms with van der Waals surface area (Å²) >= 11 is 0. The predicted molar refractivity (Wildman–Crippen MR) is 137 cm³/mol. The number of methoxy groups -OCH3 is 1. The van der Waals surface area contributed by atoms with Gasteiger partial charge in [0, 0.05) is 11.1 Å². The first kappa shape index (κ1) is 25.3. The second-order valence-electron chi connectivity index (χ2n) is 11.1. The summed E-state index contributed by atoms with van der Waals surface area (Å²) in [5.41, 5.74) is 1.44. The number of allylic oxidation sites excluding steroid dienone is 2. The van der Waals surface area contributed by atoms with Crippen LogP contribution in [0.25, 0.3) is 0 Å². The van der Waals surface area contributed by atoms with Crippen molar-refractivity contribution < 1.29 is 33.6 Å². The minimum atomic E-state index is -0.818. The predicted octanol–water partition coefficient (Wildman–Crippen LogP) is 6.05. The normalized spacial score (nSPS) is 24.5. The zero-order valence-corrected chi connectivity index (χ0v) is 22.0. The number of ether oxygens (including phenoxy) is 4. The third-order valence-electron chi connectivity index (χ3n) is 7.80. The quantitative estimate of drug-likeness (QED) is 0.290. The van der Waals surface area contributed by atoms with Crippen LogP contribution < -0.4 is 14.2 Å². The van der Waals surface area contributed by atoms with E-state index in [0.29, 0.717) is 35.0 Å². The fourth-order valence-corrected chi connectivity index (χ4v) is 5.90. The number of hydrogen-bond donors (Lipinski definition) is 1. The fourth-order valence-electron chi connectivity index (χ4n) is 5.90. The van der Waals surface area contributed by atoms with E-state index in [1.807, 2.05) is 33.8 Å². The maximum absolute atomic E-state index is 13.4. The van der Waals surface area contributed by atoms with Crippen molar-refractivity contribution in [1.82, 2.24) is 0 Å². The van der Waals surface area contributed by atoms with Gasteiger partial charge in [-0.1, -0.05) is 26.0 Å². The molecule has 1 saturated carbocycles. The maximum atomic E-state index is 13.4. The first-order chi connectivity index (χ1) is 17.6. The number of carbonyl (C=O) groups excluding carboxylic acids is 2. The molecule has 3 aliphatic rings. The summed E-state index contributed by atoms with van der Waals surface area (Å²) in [6, 6.07) is 6.94. The second kappa shape index (κ2) is 9.53. The van der Waals surface area contributed by atoms with Gasteiger partial charge in [-0.25, -0.2) is 4.79 Å². The van der Waals surface area contributed by atoms with E-state index < -0.39 is 17.5 Å². The molecule has 2 bridgehead atoms. The number of aliphatic hydroxyl groups excluding tert-OH is 1. The first-order valence-electron chi connectivity index (χ1n) is 12.9. The minimum Gasteiger partial charge on any atom is -0.495 e. The summed E-state index contributed by atoms with van der Waals surface area (Å²) in [5, 5.41) is 10.8. The van der Waals surface area contributed by atoms with Gasteiger partial charge in [-0.05, 0) is 80.7 Å². The molecule has 2 aromatic rings. The molecule has 37 heavy (non-hydrogen) atoms. The van der Waals surface area contributed by atoms with E-state index in [2.05, 4.69) is 12.2 Å². The molecule has 0 spiro atoms. The molecule has 1 N–H and O–H groups in total. The number of aliphatic hydroxyl groups is 1. The molecule has 1 fully saturated rings. The molecule has 0 aromatic heterocycles. The Kier molecular flexibility index (Phi) is 6.52. The molecular weight excluding hydrogens is 472 g/mol. The van der Waals surface area contributed by atoms with Gasteiger partial charge < -0.3 is 24.1 Å². The maximum Gasteiger partial charge on any atom is 0.346 e. The largest absolute Gasteiger partial charge is 0.495 e. The highest BCUT2D eigenvalue weighted by molar-refractivity contribution is 5.97. The van der Waals surface area contributed by atoms with Crippen LogP contribution in [0.15, 0.2) is 36.4 Å². The van der Waals surface area contributed by atoms with Crippen molar-refractivity contribution in [2.24, 2.45) is 23.2 Å². The Labute approximate surface area is 217 Å². The van der Waals surface area contributed by atoms with Crippen LogP contribution >= 0.6 is 0 Å². The van der Waals surface area contributed by atoms with Gasteiger partial charge in [-0.3, -0.25) is 4.79 Å². The van der Waals surface area contributed by atoms with Crippen molar-refractivity contribution in [3.8, 4) is 23.0 Å². The lowest BCUT2D eigenvalue weighted by Gasteiger charge is -2.29. The molecule has 7 heteroatoms. The Bertz CT molecular complexity index is 1280. The molecule has 0 amide bonds. The zero-order valence-electron chi connectivity index (χ0n) is 22.0. The summed E-state index contributed by atoms with van der Waals surface area (Å²) in [4.78, 5) is 26.6. The smallest absolute Gasteiger partial charge is 0.346 e. The highest BCUT2D eigenvalue weighted by Crippen LogP contribution is 2.53. The fraction of sp³-hybridized carbons (Fsp3) is 0.467. The van der Waals surface area contributed by atoms with Gasteiger partial charge in [0.05, 0.1) is 18.6 Å². The first-order valence-corrected chi connectivity index (χ1v) is 12.9. The van der Waals surface area contributed by atoms with E-state index >= 15 is 0 Å². The van der Waals surface area contributed by atoms with Crippen LogP contribution in [-0.4, -0.2) is 24.2 Å². The lowest BCUT2D eigenvalue weighted by atomic mass is 9.78. The average Bonchev–Trinajstić information content (AvgIpc) is 3.43. The third-order valence-corrected chi connectivity index (χ3v) is 7.80. The lowest BCUT2D eigenvalue weighted by molar-refractivity contribution is -0.146. The van der Waals surface area contributed by atoms with E-state index in [1.54, 1.807) is 18.2 Å². The van der Waals surface area contributed by atoms with Gasteiger partial charge in [0.25, 0.3) is 0 Å². The number of benzene rings is 2. The number of hydrogen-bond acceptors (Lipinski definition) is 7. The minimum absolute atomic E-state index is 0.0630. The van der Waals surface area contributed by atoms with Crippen molar-refractivity contribution in [2.45, 2.75) is 59.7 Å². The van der Waals surface area contributed by atoms with E-state index in [-0.39, 0.29) is 41.5 Å². The van der Waals surface area contributed by atoms with Gasteiger partial charge >= 0.3 is 11.9 Å². The van der Waals surface area contributed by atoms with Crippen molar-refractivity contribution in [3.63, 3.8) is 0 Å². The summed E-state index contributed by atoms with van der Waals surface area (Å²) < 4.78 is 23.6. The van der Waals surface area contributed by atoms with Crippen LogP contribution in [0, 0.1) is 30.1 Å². The molecule has 196 valence electrons. The summed E-state index contributed by atoms with van der Waals surface area (Å²) in [6.07, 6.45) is 5.74. The van der Waals surface area contributed by atoms with E-state index in [0.717, 1.165) is 18.4 Å². The lowest BCUT2D eigenvalue weighted by Crippen LogP contribution is -2.35. The number of fused-ring (bicyclic) bond motifs is 4. The topological polar surface area (TPSA) is 91.3 Å². The number of esters is 2. The summed E-state index contributed by atoms with van der Waals surface area (Å²) in [6.45, 7) is 7.81. The number of cyclic esters (lactones) is 1. The van der Waals surface area contributed by atoms with Crippen LogP contribution in [0.3, 0.4) is 0 Å². The molecule has 2 aliphatic carbocycles. The van der Waals surface area contributed by atoms with E-state index in [1.165, 1.54) is 7.11 Å². The molecule has 1 aliphatic heterocycles. The SMILES string of the molecule is COc1c([C@@H](O)CC(C)C)ccc2c1C(=O)OCc1cc(C)cc(OC(=O)[C@@]3(C)CC4C=CC3C4)c1O2. The highest BCUT2D eigenvalue weighted by Gasteiger charge is 2.51. The zero-order chi connectivity index (χ0) is 26.5. The molecule has 4 atom stereocenters. The Morgan fingerprint density at radius 1 is 1.24 bits per heavy atom. The van der Waals surface area contributed by atoms with Crippen LogP contribution in [0.1, 0.15) is 73.2 Å². The average molecular weight is 507 g/mol. The summed E-state index contributed by atoms with van der Waals surface area (Å²) in [7, 11) is 1.45. The molecule has 0 saturated heterocycles. The molecule has 0 radical (unpaired) electrons. The van der Waals surface area contributed by atoms with E-state index in [9.17, 15) is 14.7 Å². The molecule has 5 rings (SSSR count). The van der Waals surface area contributed by atoms with Crippen molar-refractivity contribution in [2.75, 3.05) is 7.11 Å². The second-order valence-corrected chi connectivity index (χ2v) is 11.1. The van der Waals surface area contributed by atoms with Gasteiger partial charge in [0.1, 0.15) is 23.7 Å². The Hall–Kier alpha value is -3.32. The van der Waals surface area contributed by atoms with Crippen molar-refractivity contribution in [1.29, 1.82) is 0 Å². The van der Waals surface area contributed by atoms with Gasteiger partial charge in [0.2, 0.25) is 0 Å². The monoisotopic (exact) mass is 506 g/mol. The molecule has 2 aromatic carbocycles. The van der Waals surface area contributed by atoms with Crippen LogP contribution in [0.2, 0.25) is 0 Å². The van der Waals surface area contributed by atoms with Crippen LogP contribution in [0.5, 0.6) is 23.0 Å². The molecule has 7 nitrogen and oxygen atoms in total. The number of aryl methyl sites for hydroxylation is 1. The molecule has 2 unspecified atom stereocenters. The molecular formula is C30H34O7. The van der Waals surface area contributed by atoms with Gasteiger partial charge in [-0.2, -0.15) is 0 Å². The van der Waals surface area contributed by atoms with Crippen LogP contribution in [-0.2, 0) is 16.1 Å². The van der Waals surface area contributed by atoms with Crippen molar-refractivity contribution >= 4 is 11.9 Å².